The molecular weight excluding hydrogens is 614 g/mol. The van der Waals surface area contributed by atoms with Gasteiger partial charge in [0.2, 0.25) is 0 Å². The van der Waals surface area contributed by atoms with Crippen molar-refractivity contribution in [3.05, 3.63) is 105 Å². The van der Waals surface area contributed by atoms with Gasteiger partial charge in [0.15, 0.2) is 0 Å². The molecule has 1 aromatic heterocycles. The van der Waals surface area contributed by atoms with Crippen LogP contribution in [0.25, 0.3) is 11.3 Å². The number of hydrogen-bond donors (Lipinski definition) is 3. The molecule has 1 fully saturated rings. The molecule has 0 saturated carbocycles. The van der Waals surface area contributed by atoms with E-state index in [4.69, 9.17) is 9.84 Å². The van der Waals surface area contributed by atoms with Crippen LogP contribution in [0.15, 0.2) is 79.0 Å². The number of rotatable bonds is 9. The van der Waals surface area contributed by atoms with Gasteiger partial charge in [-0.25, -0.2) is 14.2 Å². The summed E-state index contributed by atoms with van der Waals surface area (Å²) < 4.78 is 20.9. The highest BCUT2D eigenvalue weighted by molar-refractivity contribution is 14.1. The minimum Gasteiger partial charge on any atom is -0.491 e. The second kappa shape index (κ2) is 11.5. The molecule has 39 heavy (non-hydrogen) atoms. The van der Waals surface area contributed by atoms with Crippen LogP contribution in [0.1, 0.15) is 41.9 Å². The average Bonchev–Trinajstić information content (AvgIpc) is 3.53. The second-order valence-electron chi connectivity index (χ2n) is 9.18. The molecule has 3 amide bonds. The highest BCUT2D eigenvalue weighted by Crippen LogP contribution is 2.39. The van der Waals surface area contributed by atoms with Gasteiger partial charge >= 0.3 is 6.03 Å². The zero-order valence-corrected chi connectivity index (χ0v) is 23.1. The largest absolute Gasteiger partial charge is 0.491 e. The molecule has 2 heterocycles. The summed E-state index contributed by atoms with van der Waals surface area (Å²) in [7, 11) is 0. The number of carbonyl (C=O) groups is 2. The number of hydrogen-bond acceptors (Lipinski definition) is 5. The molecule has 4 aromatic rings. The molecular formula is C29H26FIN4O4. The van der Waals surface area contributed by atoms with Gasteiger partial charge in [-0.15, -0.1) is 0 Å². The maximum absolute atomic E-state index is 14.7. The molecule has 10 heteroatoms. The number of aliphatic hydroxyl groups excluding tert-OH is 1. The fraction of sp³-hybridized carbons (Fsp3) is 0.207. The van der Waals surface area contributed by atoms with E-state index in [-0.39, 0.29) is 19.1 Å². The number of aromatic nitrogens is 2. The van der Waals surface area contributed by atoms with Crippen LogP contribution in [0.4, 0.5) is 9.18 Å². The minimum absolute atomic E-state index is 0.112. The number of aromatic amines is 1. The first-order chi connectivity index (χ1) is 18.9. The van der Waals surface area contributed by atoms with Crippen LogP contribution < -0.4 is 10.1 Å². The zero-order chi connectivity index (χ0) is 27.5. The lowest BCUT2D eigenvalue weighted by Gasteiger charge is -2.29. The van der Waals surface area contributed by atoms with E-state index in [1.165, 1.54) is 17.2 Å². The topological polar surface area (TPSA) is 108 Å². The summed E-state index contributed by atoms with van der Waals surface area (Å²) in [6.07, 6.45) is 1.52. The van der Waals surface area contributed by atoms with Crippen molar-refractivity contribution in [1.82, 2.24) is 20.2 Å². The van der Waals surface area contributed by atoms with Gasteiger partial charge in [-0.1, -0.05) is 49.4 Å². The standard InChI is InChI=1S/C29H26FIN4O4/c1-17(18-5-3-2-4-6-18)26(27-32-16-24(33-27)22-12-9-20(31)15-23(22)30)35-28(37)25(34-29(35)38)19-7-10-21(11-8-19)39-14-13-36/h2-12,15-17,25-26,36H,13-14H2,1H3,(H,32,33)(H,34,38)/t17-,25+,26?/m0/s1. The predicted molar refractivity (Wildman–Crippen MR) is 151 cm³/mol. The van der Waals surface area contributed by atoms with E-state index in [1.54, 1.807) is 36.4 Å². The molecule has 5 rings (SSSR count). The monoisotopic (exact) mass is 640 g/mol. The number of imidazole rings is 1. The number of imide groups is 1. The number of carbonyl (C=O) groups excluding carboxylic acids is 2. The van der Waals surface area contributed by atoms with Crippen LogP contribution >= 0.6 is 22.6 Å². The Bertz CT molecular complexity index is 1480. The number of halogens is 2. The SMILES string of the molecule is C[C@@H](c1ccccc1)C(c1ncc(-c2ccc(I)cc2F)[nH]1)N1C(=O)N[C@H](c2ccc(OCCO)cc2)C1=O. The Morgan fingerprint density at radius 3 is 2.54 bits per heavy atom. The summed E-state index contributed by atoms with van der Waals surface area (Å²) in [6, 6.07) is 19.0. The van der Waals surface area contributed by atoms with E-state index < -0.39 is 29.8 Å². The summed E-state index contributed by atoms with van der Waals surface area (Å²) in [4.78, 5) is 36.0. The van der Waals surface area contributed by atoms with Crippen molar-refractivity contribution in [2.45, 2.75) is 24.9 Å². The second-order valence-corrected chi connectivity index (χ2v) is 10.4. The molecule has 3 atom stereocenters. The first-order valence-corrected chi connectivity index (χ1v) is 13.5. The van der Waals surface area contributed by atoms with Crippen molar-refractivity contribution in [3.63, 3.8) is 0 Å². The van der Waals surface area contributed by atoms with Crippen LogP contribution in [-0.2, 0) is 4.79 Å². The quantitative estimate of drug-likeness (QED) is 0.170. The van der Waals surface area contributed by atoms with Gasteiger partial charge in [0.1, 0.15) is 36.1 Å². The number of H-pyrrole nitrogens is 1. The number of urea groups is 1. The fourth-order valence-electron chi connectivity index (χ4n) is 4.76. The number of nitrogens with zero attached hydrogens (tertiary/aromatic N) is 2. The molecule has 8 nitrogen and oxygen atoms in total. The molecule has 0 spiro atoms. The van der Waals surface area contributed by atoms with Crippen molar-refractivity contribution in [2.24, 2.45) is 0 Å². The third-order valence-electron chi connectivity index (χ3n) is 6.72. The van der Waals surface area contributed by atoms with Gasteiger partial charge in [-0.05, 0) is 64.0 Å². The summed E-state index contributed by atoms with van der Waals surface area (Å²) in [5.41, 5.74) is 2.31. The molecule has 0 bridgehead atoms. The number of ether oxygens (including phenoxy) is 1. The number of amides is 3. The average molecular weight is 640 g/mol. The van der Waals surface area contributed by atoms with Gasteiger partial charge in [0.25, 0.3) is 5.91 Å². The van der Waals surface area contributed by atoms with E-state index in [1.807, 2.05) is 59.8 Å². The van der Waals surface area contributed by atoms with E-state index in [0.717, 1.165) is 9.13 Å². The summed E-state index contributed by atoms with van der Waals surface area (Å²) in [5, 5.41) is 11.8. The Morgan fingerprint density at radius 2 is 1.85 bits per heavy atom. The van der Waals surface area contributed by atoms with Crippen LogP contribution in [0.2, 0.25) is 0 Å². The normalized spacial score (nSPS) is 16.7. The molecule has 1 aliphatic heterocycles. The smallest absolute Gasteiger partial charge is 0.325 e. The van der Waals surface area contributed by atoms with E-state index in [2.05, 4.69) is 15.3 Å². The summed E-state index contributed by atoms with van der Waals surface area (Å²) in [6.45, 7) is 1.97. The predicted octanol–water partition coefficient (Wildman–Crippen LogP) is 5.33. The lowest BCUT2D eigenvalue weighted by molar-refractivity contribution is -0.129. The minimum atomic E-state index is -0.891. The van der Waals surface area contributed by atoms with Crippen LogP contribution in [0, 0.1) is 9.39 Å². The maximum Gasteiger partial charge on any atom is 0.325 e. The highest BCUT2D eigenvalue weighted by atomic mass is 127. The van der Waals surface area contributed by atoms with Crippen molar-refractivity contribution in [3.8, 4) is 17.0 Å². The zero-order valence-electron chi connectivity index (χ0n) is 21.0. The molecule has 1 aliphatic rings. The summed E-state index contributed by atoms with van der Waals surface area (Å²) >= 11 is 2.05. The van der Waals surface area contributed by atoms with Gasteiger partial charge in [-0.3, -0.25) is 9.69 Å². The van der Waals surface area contributed by atoms with Crippen LogP contribution in [0.5, 0.6) is 5.75 Å². The lowest BCUT2D eigenvalue weighted by Crippen LogP contribution is -2.38. The summed E-state index contributed by atoms with van der Waals surface area (Å²) in [5.74, 6) is -0.227. The third-order valence-corrected chi connectivity index (χ3v) is 7.39. The lowest BCUT2D eigenvalue weighted by atomic mass is 9.91. The molecule has 1 saturated heterocycles. The number of aliphatic hydroxyl groups is 1. The van der Waals surface area contributed by atoms with Gasteiger partial charge in [0.05, 0.1) is 18.5 Å². The molecule has 3 N–H and O–H groups in total. The number of benzene rings is 3. The number of nitrogens with one attached hydrogen (secondary N) is 2. The Balaban J connectivity index is 1.50. The van der Waals surface area contributed by atoms with E-state index in [9.17, 15) is 14.0 Å². The first-order valence-electron chi connectivity index (χ1n) is 12.4. The maximum atomic E-state index is 14.7. The van der Waals surface area contributed by atoms with Crippen molar-refractivity contribution >= 4 is 34.5 Å². The van der Waals surface area contributed by atoms with Crippen molar-refractivity contribution in [1.29, 1.82) is 0 Å². The molecule has 200 valence electrons. The molecule has 0 aliphatic carbocycles. The highest BCUT2D eigenvalue weighted by Gasteiger charge is 2.46. The van der Waals surface area contributed by atoms with Crippen molar-refractivity contribution < 1.29 is 23.8 Å². The Kier molecular flexibility index (Phi) is 7.94. The molecule has 1 unspecified atom stereocenters. The third kappa shape index (κ3) is 5.52. The Labute approximate surface area is 238 Å². The molecule has 3 aromatic carbocycles. The van der Waals surface area contributed by atoms with Gasteiger partial charge < -0.3 is 20.1 Å². The van der Waals surface area contributed by atoms with Gasteiger partial charge in [0, 0.05) is 15.1 Å². The van der Waals surface area contributed by atoms with E-state index in [0.29, 0.717) is 28.4 Å². The van der Waals surface area contributed by atoms with Gasteiger partial charge in [-0.2, -0.15) is 0 Å². The van der Waals surface area contributed by atoms with Crippen LogP contribution in [0.3, 0.4) is 0 Å². The van der Waals surface area contributed by atoms with Crippen LogP contribution in [-0.4, -0.2) is 45.1 Å². The molecule has 0 radical (unpaired) electrons. The fourth-order valence-corrected chi connectivity index (χ4v) is 5.21. The first kappa shape index (κ1) is 26.8. The van der Waals surface area contributed by atoms with E-state index >= 15 is 0 Å². The van der Waals surface area contributed by atoms with Crippen molar-refractivity contribution in [2.75, 3.05) is 13.2 Å². The Morgan fingerprint density at radius 1 is 1.10 bits per heavy atom. The Hall–Kier alpha value is -3.77.